The minimum absolute atomic E-state index is 0.0258. The Balaban J connectivity index is 1.34. The van der Waals surface area contributed by atoms with Gasteiger partial charge in [0, 0.05) is 24.4 Å². The molecule has 3 fully saturated rings. The Morgan fingerprint density at radius 2 is 2.21 bits per heavy atom. The number of aliphatic hydroxyl groups is 1. The van der Waals surface area contributed by atoms with Crippen LogP contribution in [0.5, 0.6) is 0 Å². The first-order valence-corrected chi connectivity index (χ1v) is 12.5. The molecule has 180 valence electrons. The quantitative estimate of drug-likeness (QED) is 0.503. The molecule has 2 aliphatic heterocycles. The van der Waals surface area contributed by atoms with E-state index in [0.29, 0.717) is 36.6 Å². The van der Waals surface area contributed by atoms with E-state index in [2.05, 4.69) is 21.7 Å². The van der Waals surface area contributed by atoms with Gasteiger partial charge in [0.1, 0.15) is 12.3 Å². The van der Waals surface area contributed by atoms with Gasteiger partial charge in [-0.15, -0.1) is 0 Å². The van der Waals surface area contributed by atoms with Crippen molar-refractivity contribution in [2.24, 2.45) is 11.3 Å². The van der Waals surface area contributed by atoms with Crippen molar-refractivity contribution in [3.63, 3.8) is 0 Å². The summed E-state index contributed by atoms with van der Waals surface area (Å²) in [6.07, 6.45) is 4.74. The van der Waals surface area contributed by atoms with E-state index in [1.54, 1.807) is 6.07 Å². The summed E-state index contributed by atoms with van der Waals surface area (Å²) in [5, 5.41) is 28.2. The Bertz CT molecular complexity index is 1140. The van der Waals surface area contributed by atoms with Gasteiger partial charge >= 0.3 is 0 Å². The lowest BCUT2D eigenvalue weighted by Crippen LogP contribution is -2.49. The molecule has 1 saturated carbocycles. The van der Waals surface area contributed by atoms with Gasteiger partial charge in [-0.1, -0.05) is 30.2 Å². The van der Waals surface area contributed by atoms with Crippen LogP contribution in [0.25, 0.3) is 10.9 Å². The van der Waals surface area contributed by atoms with Crippen molar-refractivity contribution in [1.29, 1.82) is 5.26 Å². The number of nitrogens with one attached hydrogen (secondary N) is 3. The number of nitrogens with zero attached hydrogens (tertiary/aromatic N) is 2. The second kappa shape index (κ2) is 9.21. The number of rotatable bonds is 6. The van der Waals surface area contributed by atoms with Crippen LogP contribution in [0.4, 0.5) is 0 Å². The minimum atomic E-state index is -0.996. The second-order valence-corrected chi connectivity index (χ2v) is 10.5. The van der Waals surface area contributed by atoms with E-state index >= 15 is 0 Å². The monoisotopic (exact) mass is 483 g/mol. The summed E-state index contributed by atoms with van der Waals surface area (Å²) in [6, 6.07) is 8.31. The van der Waals surface area contributed by atoms with Crippen LogP contribution in [0.1, 0.15) is 56.9 Å². The first kappa shape index (κ1) is 23.2. The molecule has 2 aromatic rings. The molecule has 2 saturated heterocycles. The average molecular weight is 484 g/mol. The number of likely N-dealkylation sites (tertiary alicyclic amines) is 1. The van der Waals surface area contributed by atoms with E-state index in [4.69, 9.17) is 11.6 Å². The molecule has 1 aromatic heterocycles. The van der Waals surface area contributed by atoms with Crippen molar-refractivity contribution in [3.8, 4) is 6.07 Å². The van der Waals surface area contributed by atoms with Gasteiger partial charge in [-0.25, -0.2) is 0 Å². The van der Waals surface area contributed by atoms with E-state index in [0.717, 1.165) is 43.0 Å². The maximum atomic E-state index is 13.4. The van der Waals surface area contributed by atoms with Gasteiger partial charge in [-0.3, -0.25) is 14.5 Å². The summed E-state index contributed by atoms with van der Waals surface area (Å²) < 4.78 is 0. The summed E-state index contributed by atoms with van der Waals surface area (Å²) in [6.45, 7) is 1.28. The number of carbonyl (C=O) groups excluding carboxylic acids is 2. The zero-order valence-electron chi connectivity index (χ0n) is 19.0. The number of carbonyl (C=O) groups is 2. The number of hydrogen-bond acceptors (Lipinski definition) is 5. The van der Waals surface area contributed by atoms with Gasteiger partial charge in [0.05, 0.1) is 28.3 Å². The highest BCUT2D eigenvalue weighted by atomic mass is 35.5. The summed E-state index contributed by atoms with van der Waals surface area (Å²) in [5.74, 6) is -0.581. The molecular formula is C25H30ClN5O3. The third-order valence-electron chi connectivity index (χ3n) is 7.87. The largest absolute Gasteiger partial charge is 0.372 e. The number of piperidine rings is 1. The fourth-order valence-corrected chi connectivity index (χ4v) is 6.07. The summed E-state index contributed by atoms with van der Waals surface area (Å²) in [7, 11) is 0. The number of nitriles is 1. The van der Waals surface area contributed by atoms with E-state index in [-0.39, 0.29) is 23.1 Å². The number of benzene rings is 1. The predicted octanol–water partition coefficient (Wildman–Crippen LogP) is 2.98. The molecule has 0 radical (unpaired) electrons. The Morgan fingerprint density at radius 3 is 2.88 bits per heavy atom. The van der Waals surface area contributed by atoms with Crippen molar-refractivity contribution < 1.29 is 14.7 Å². The van der Waals surface area contributed by atoms with Crippen molar-refractivity contribution in [2.75, 3.05) is 13.1 Å². The molecule has 1 spiro atoms. The van der Waals surface area contributed by atoms with Crippen LogP contribution in [-0.4, -0.2) is 52.0 Å². The van der Waals surface area contributed by atoms with Gasteiger partial charge < -0.3 is 20.7 Å². The van der Waals surface area contributed by atoms with E-state index < -0.39 is 18.3 Å². The Morgan fingerprint density at radius 1 is 1.38 bits per heavy atom. The number of aliphatic hydroxyl groups excluding tert-OH is 1. The van der Waals surface area contributed by atoms with Crippen LogP contribution < -0.4 is 10.6 Å². The van der Waals surface area contributed by atoms with E-state index in [1.165, 1.54) is 0 Å². The highest BCUT2D eigenvalue weighted by Crippen LogP contribution is 2.52. The third kappa shape index (κ3) is 4.28. The SMILES string of the molecule is N#CC(CC1CCCNC1=O)NC(=O)C1CC2(CCC2)CN1C(O)c1cc2cccc(Cl)c2[nH]1. The van der Waals surface area contributed by atoms with Crippen LogP contribution in [0.3, 0.4) is 0 Å². The topological polar surface area (TPSA) is 121 Å². The number of amides is 2. The molecule has 1 aliphatic carbocycles. The van der Waals surface area contributed by atoms with Crippen LogP contribution >= 0.6 is 11.6 Å². The second-order valence-electron chi connectivity index (χ2n) is 10.1. The molecule has 3 heterocycles. The molecule has 9 heteroatoms. The van der Waals surface area contributed by atoms with Crippen LogP contribution in [-0.2, 0) is 9.59 Å². The fourth-order valence-electron chi connectivity index (χ4n) is 5.84. The lowest BCUT2D eigenvalue weighted by Gasteiger charge is -2.38. The highest BCUT2D eigenvalue weighted by Gasteiger charge is 2.52. The molecule has 4 unspecified atom stereocenters. The molecule has 3 aliphatic rings. The summed E-state index contributed by atoms with van der Waals surface area (Å²) in [4.78, 5) is 30.6. The number of fused-ring (bicyclic) bond motifs is 1. The van der Waals surface area contributed by atoms with Crippen molar-refractivity contribution in [2.45, 2.75) is 63.3 Å². The van der Waals surface area contributed by atoms with Crippen molar-refractivity contribution in [3.05, 3.63) is 35.0 Å². The number of halogens is 1. The average Bonchev–Trinajstić information content (AvgIpc) is 3.43. The van der Waals surface area contributed by atoms with Gasteiger partial charge in [0.2, 0.25) is 11.8 Å². The molecule has 1 aromatic carbocycles. The Kier molecular flexibility index (Phi) is 6.28. The number of para-hydroxylation sites is 1. The number of aromatic nitrogens is 1. The maximum absolute atomic E-state index is 13.4. The predicted molar refractivity (Wildman–Crippen MR) is 128 cm³/mol. The molecule has 0 bridgehead atoms. The molecule has 5 rings (SSSR count). The minimum Gasteiger partial charge on any atom is -0.372 e. The summed E-state index contributed by atoms with van der Waals surface area (Å²) >= 11 is 6.30. The third-order valence-corrected chi connectivity index (χ3v) is 8.19. The number of H-pyrrole nitrogens is 1. The fraction of sp³-hybridized carbons (Fsp3) is 0.560. The Labute approximate surface area is 203 Å². The van der Waals surface area contributed by atoms with Gasteiger partial charge in [-0.05, 0) is 56.1 Å². The van der Waals surface area contributed by atoms with Gasteiger partial charge in [-0.2, -0.15) is 5.26 Å². The normalized spacial score (nSPS) is 26.0. The zero-order chi connectivity index (χ0) is 23.9. The molecule has 34 heavy (non-hydrogen) atoms. The Hall–Kier alpha value is -2.60. The molecule has 4 atom stereocenters. The molecular weight excluding hydrogens is 454 g/mol. The van der Waals surface area contributed by atoms with Gasteiger partial charge in [0.25, 0.3) is 0 Å². The van der Waals surface area contributed by atoms with E-state index in [9.17, 15) is 20.0 Å². The van der Waals surface area contributed by atoms with Crippen LogP contribution in [0, 0.1) is 22.7 Å². The lowest BCUT2D eigenvalue weighted by atomic mass is 9.67. The highest BCUT2D eigenvalue weighted by molar-refractivity contribution is 6.35. The molecule has 4 N–H and O–H groups in total. The van der Waals surface area contributed by atoms with Crippen LogP contribution in [0.2, 0.25) is 5.02 Å². The number of hydrogen-bond donors (Lipinski definition) is 4. The standard InChI is InChI=1S/C25H30ClN5O3/c26-18-6-1-4-15-11-19(30-21(15)18)24(34)31-14-25(7-3-8-25)12-20(31)23(33)29-17(13-27)10-16-5-2-9-28-22(16)32/h1,4,6,11,16-17,20,24,30,34H,2-3,5,7-10,12,14H2,(H,28,32)(H,29,33). The van der Waals surface area contributed by atoms with Gasteiger partial charge in [0.15, 0.2) is 0 Å². The zero-order valence-corrected chi connectivity index (χ0v) is 19.8. The first-order chi connectivity index (χ1) is 16.4. The smallest absolute Gasteiger partial charge is 0.238 e. The maximum Gasteiger partial charge on any atom is 0.238 e. The summed E-state index contributed by atoms with van der Waals surface area (Å²) in [5.41, 5.74) is 1.37. The number of aromatic amines is 1. The van der Waals surface area contributed by atoms with Crippen molar-refractivity contribution in [1.82, 2.24) is 20.5 Å². The van der Waals surface area contributed by atoms with E-state index in [1.807, 2.05) is 23.1 Å². The molecule has 8 nitrogen and oxygen atoms in total. The molecule has 2 amide bonds. The van der Waals surface area contributed by atoms with Crippen molar-refractivity contribution >= 4 is 34.3 Å². The van der Waals surface area contributed by atoms with Crippen LogP contribution in [0.15, 0.2) is 24.3 Å². The first-order valence-electron chi connectivity index (χ1n) is 12.1. The lowest BCUT2D eigenvalue weighted by molar-refractivity contribution is -0.131.